The number of allylic oxidation sites excluding steroid dienone is 1. The molecule has 6 heteroatoms. The molecule has 1 aliphatic carbocycles. The van der Waals surface area contributed by atoms with Gasteiger partial charge in [0.1, 0.15) is 0 Å². The van der Waals surface area contributed by atoms with Crippen LogP contribution in [-0.2, 0) is 40.7 Å². The Hall–Kier alpha value is -1.12. The van der Waals surface area contributed by atoms with Gasteiger partial charge in [-0.3, -0.25) is 4.79 Å². The number of esters is 1. The van der Waals surface area contributed by atoms with E-state index in [4.69, 9.17) is 9.30 Å². The van der Waals surface area contributed by atoms with Crippen molar-refractivity contribution >= 4 is 12.3 Å². The van der Waals surface area contributed by atoms with Crippen LogP contribution < -0.4 is 0 Å². The molecule has 1 rings (SSSR count). The molecule has 0 atom stereocenters. The predicted octanol–water partition coefficient (Wildman–Crippen LogP) is 1.16. The van der Waals surface area contributed by atoms with Crippen molar-refractivity contribution in [1.29, 1.82) is 0 Å². The van der Waals surface area contributed by atoms with E-state index in [2.05, 4.69) is 18.0 Å². The molecular formula is C13H12FeO5+. The first-order valence-electron chi connectivity index (χ1n) is 4.59. The van der Waals surface area contributed by atoms with E-state index in [1.165, 1.54) is 6.29 Å². The van der Waals surface area contributed by atoms with Crippen LogP contribution in [0.25, 0.3) is 0 Å². The number of carbonyl (C=O) groups excluding carboxylic acids is 2. The van der Waals surface area contributed by atoms with Gasteiger partial charge in [-0.1, -0.05) is 0 Å². The zero-order valence-electron chi connectivity index (χ0n) is 10.1. The van der Waals surface area contributed by atoms with Crippen molar-refractivity contribution in [3.05, 3.63) is 57.6 Å². The standard InChI is InChI=1S/C6H7O3.C5H5.2CO.Fe/c1-2-9-6(8)4-3-5-7;1-2-4-5-3-1;2*1-2;/h3-4H,2H2,1H3;1-5H;;;/q-1;;;;+2/b4-3+;;;;. The second-order valence-electron chi connectivity index (χ2n) is 2.17. The Morgan fingerprint density at radius 3 is 1.79 bits per heavy atom. The normalized spacial score (nSPS) is 11.0. The van der Waals surface area contributed by atoms with Crippen LogP contribution in [-0.4, -0.2) is 18.9 Å². The third-order valence-electron chi connectivity index (χ3n) is 1.13. The fourth-order valence-corrected chi connectivity index (χ4v) is 0.613. The van der Waals surface area contributed by atoms with Crippen molar-refractivity contribution in [2.24, 2.45) is 0 Å². The summed E-state index contributed by atoms with van der Waals surface area (Å²) in [6.07, 6.45) is 13.4. The zero-order chi connectivity index (χ0) is 14.6. The second kappa shape index (κ2) is 30.2. The van der Waals surface area contributed by atoms with Crippen molar-refractivity contribution in [3.63, 3.8) is 0 Å². The molecule has 0 aromatic heterocycles. The minimum Gasteiger partial charge on any atom is -0.0312 e. The quantitative estimate of drug-likeness (QED) is 0.258. The first kappa shape index (κ1) is 26.4. The number of ether oxygens (including phenoxy) is 1. The van der Waals surface area contributed by atoms with Gasteiger partial charge in [0.25, 0.3) is 0 Å². The molecule has 0 amide bonds. The number of hydrogen-bond acceptors (Lipinski definition) is 3. The Labute approximate surface area is 124 Å². The van der Waals surface area contributed by atoms with Gasteiger partial charge in [-0.2, -0.15) is 6.08 Å². The maximum atomic E-state index is 10.3. The third-order valence-corrected chi connectivity index (χ3v) is 1.13. The van der Waals surface area contributed by atoms with E-state index in [1.807, 2.05) is 32.1 Å². The van der Waals surface area contributed by atoms with Crippen molar-refractivity contribution < 1.29 is 40.7 Å². The minimum atomic E-state index is -0.513. The van der Waals surface area contributed by atoms with E-state index in [0.717, 1.165) is 12.2 Å². The maximum Gasteiger partial charge on any atom is 2.00 e. The summed E-state index contributed by atoms with van der Waals surface area (Å²) in [5.41, 5.74) is 0. The van der Waals surface area contributed by atoms with Crippen LogP contribution in [0, 0.1) is 45.4 Å². The summed E-state index contributed by atoms with van der Waals surface area (Å²) >= 11 is 0. The smallest absolute Gasteiger partial charge is 0.0312 e. The zero-order valence-corrected chi connectivity index (χ0v) is 11.2. The van der Waals surface area contributed by atoms with Gasteiger partial charge in [0.05, 0.1) is 6.61 Å². The van der Waals surface area contributed by atoms with E-state index in [-0.39, 0.29) is 17.1 Å². The second-order valence-corrected chi connectivity index (χ2v) is 2.17. The molecule has 101 valence electrons. The van der Waals surface area contributed by atoms with Gasteiger partial charge in [-0.05, 0) is 45.3 Å². The molecule has 0 spiro atoms. The predicted molar refractivity (Wildman–Crippen MR) is 60.8 cm³/mol. The molecule has 0 aliphatic heterocycles. The summed E-state index contributed by atoms with van der Waals surface area (Å²) in [7, 11) is 0. The average Bonchev–Trinajstić information content (AvgIpc) is 3.01. The van der Waals surface area contributed by atoms with Crippen LogP contribution in [0.2, 0.25) is 0 Å². The fourth-order valence-electron chi connectivity index (χ4n) is 0.613. The summed E-state index contributed by atoms with van der Waals surface area (Å²) in [6, 6.07) is 0. The summed E-state index contributed by atoms with van der Waals surface area (Å²) in [6.45, 7) is 11.0. The van der Waals surface area contributed by atoms with Crippen LogP contribution in [0.3, 0.4) is 0 Å². The van der Waals surface area contributed by atoms with E-state index in [0.29, 0.717) is 6.61 Å². The average molecular weight is 304 g/mol. The first-order valence-corrected chi connectivity index (χ1v) is 4.59. The SMILES string of the molecule is CCOC(=O)/C=C/[C-]=O.[C-]#[O+].[C-]#[O+].[CH]1[CH][CH][CH][CH]1.[Fe+2]. The fraction of sp³-hybridized carbons (Fsp3) is 0.154. The monoisotopic (exact) mass is 304 g/mol. The van der Waals surface area contributed by atoms with Crippen molar-refractivity contribution in [2.75, 3.05) is 6.61 Å². The molecule has 1 aliphatic rings. The Kier molecular flexibility index (Phi) is 42.0. The van der Waals surface area contributed by atoms with Gasteiger partial charge >= 0.3 is 39.7 Å². The minimum absolute atomic E-state index is 0. The van der Waals surface area contributed by atoms with Gasteiger partial charge < -0.3 is 9.53 Å². The van der Waals surface area contributed by atoms with E-state index < -0.39 is 5.97 Å². The molecule has 0 aromatic carbocycles. The van der Waals surface area contributed by atoms with Crippen molar-refractivity contribution in [1.82, 2.24) is 0 Å². The molecule has 1 fully saturated rings. The van der Waals surface area contributed by atoms with Crippen LogP contribution in [0.1, 0.15) is 6.92 Å². The molecule has 0 unspecified atom stereocenters. The number of carbonyl (C=O) groups is 1. The van der Waals surface area contributed by atoms with Gasteiger partial charge in [-0.15, -0.1) is 6.08 Å². The Morgan fingerprint density at radius 1 is 1.16 bits per heavy atom. The molecule has 19 heavy (non-hydrogen) atoms. The van der Waals surface area contributed by atoms with Crippen molar-refractivity contribution in [2.45, 2.75) is 6.92 Å². The van der Waals surface area contributed by atoms with Gasteiger partial charge in [-0.25, -0.2) is 0 Å². The molecule has 0 aromatic rings. The summed E-state index contributed by atoms with van der Waals surface area (Å²) in [4.78, 5) is 19.8. The van der Waals surface area contributed by atoms with E-state index in [9.17, 15) is 9.59 Å². The molecule has 0 heterocycles. The summed E-state index contributed by atoms with van der Waals surface area (Å²) in [5, 5.41) is 0. The number of hydrogen-bond donors (Lipinski definition) is 0. The van der Waals surface area contributed by atoms with Crippen LogP contribution in [0.15, 0.2) is 12.2 Å². The van der Waals surface area contributed by atoms with Crippen LogP contribution in [0.4, 0.5) is 0 Å². The van der Waals surface area contributed by atoms with E-state index in [1.54, 1.807) is 6.92 Å². The Morgan fingerprint density at radius 2 is 1.53 bits per heavy atom. The summed E-state index contributed by atoms with van der Waals surface area (Å²) < 4.78 is 19.4. The van der Waals surface area contributed by atoms with E-state index >= 15 is 0 Å². The number of rotatable bonds is 3. The third kappa shape index (κ3) is 31.6. The molecule has 0 N–H and O–H groups in total. The summed E-state index contributed by atoms with van der Waals surface area (Å²) in [5.74, 6) is -0.513. The molecule has 1 saturated carbocycles. The van der Waals surface area contributed by atoms with Gasteiger partial charge in [0, 0.05) is 0 Å². The first-order chi connectivity index (χ1) is 8.81. The molecule has 0 saturated heterocycles. The maximum absolute atomic E-state index is 10.3. The Bertz CT molecular complexity index is 241. The van der Waals surface area contributed by atoms with Crippen molar-refractivity contribution in [3.8, 4) is 0 Å². The largest absolute Gasteiger partial charge is 2.00 e. The molecule has 0 bridgehead atoms. The van der Waals surface area contributed by atoms with Crippen LogP contribution in [0.5, 0.6) is 0 Å². The van der Waals surface area contributed by atoms with Gasteiger partial charge in [0.15, 0.2) is 0 Å². The molecular weight excluding hydrogens is 292 g/mol. The van der Waals surface area contributed by atoms with Crippen LogP contribution >= 0.6 is 0 Å². The molecule has 5 radical (unpaired) electrons. The topological polar surface area (TPSA) is 83.2 Å². The van der Waals surface area contributed by atoms with Gasteiger partial charge in [0.2, 0.25) is 5.97 Å². The molecule has 5 nitrogen and oxygen atoms in total. The Balaban J connectivity index is -0.0000000956.